The van der Waals surface area contributed by atoms with Crippen molar-refractivity contribution in [1.82, 2.24) is 0 Å². The van der Waals surface area contributed by atoms with Crippen molar-refractivity contribution in [2.45, 2.75) is 0 Å². The molecule has 0 aliphatic heterocycles. The minimum atomic E-state index is -1.82. The van der Waals surface area contributed by atoms with Crippen molar-refractivity contribution in [2.75, 3.05) is 0 Å². The molecule has 0 atom stereocenters. The molecule has 0 heterocycles. The zero-order valence-electron chi connectivity index (χ0n) is 3.92. The first kappa shape index (κ1) is 15.7. The summed E-state index contributed by atoms with van der Waals surface area (Å²) in [5.74, 6) is -3.65. The summed E-state index contributed by atoms with van der Waals surface area (Å²) in [5, 5.41) is 14.8. The van der Waals surface area contributed by atoms with Crippen LogP contribution < -0.4 is 0 Å². The first-order chi connectivity index (χ1) is 2.64. The largest absolute Gasteiger partial charge is 0.473 e. The molecule has 0 saturated heterocycles. The molecule has 5 nitrogen and oxygen atoms in total. The molecule has 0 aromatic carbocycles. The number of carboxylic acid groups (broad SMARTS) is 2. The predicted molar refractivity (Wildman–Crippen MR) is 24.6 cm³/mol. The van der Waals surface area contributed by atoms with Crippen LogP contribution in [0.2, 0.25) is 0 Å². The van der Waals surface area contributed by atoms with Gasteiger partial charge in [0, 0.05) is 37.7 Å². The van der Waals surface area contributed by atoms with Gasteiger partial charge in [0.2, 0.25) is 0 Å². The van der Waals surface area contributed by atoms with Crippen LogP contribution in [-0.2, 0) is 9.59 Å². The SMILES string of the molecule is O.O=C(O)C(=O)O.[Ca]. The van der Waals surface area contributed by atoms with Crippen LogP contribution in [0.3, 0.4) is 0 Å². The van der Waals surface area contributed by atoms with Crippen molar-refractivity contribution >= 4 is 49.7 Å². The molecule has 0 amide bonds. The van der Waals surface area contributed by atoms with Crippen LogP contribution in [-0.4, -0.2) is 65.4 Å². The van der Waals surface area contributed by atoms with Gasteiger partial charge < -0.3 is 15.7 Å². The fourth-order valence-electron chi connectivity index (χ4n) is 0. The van der Waals surface area contributed by atoms with Gasteiger partial charge in [0.15, 0.2) is 0 Å². The van der Waals surface area contributed by atoms with E-state index in [-0.39, 0.29) is 43.2 Å². The zero-order valence-corrected chi connectivity index (χ0v) is 6.13. The van der Waals surface area contributed by atoms with E-state index in [0.717, 1.165) is 0 Å². The van der Waals surface area contributed by atoms with Crippen molar-refractivity contribution in [3.8, 4) is 0 Å². The molecule has 0 saturated carbocycles. The molecule has 44 valence electrons. The molecule has 0 aromatic rings. The van der Waals surface area contributed by atoms with Crippen molar-refractivity contribution in [3.05, 3.63) is 0 Å². The van der Waals surface area contributed by atoms with Crippen molar-refractivity contribution in [3.63, 3.8) is 0 Å². The number of hydrogen-bond donors (Lipinski definition) is 2. The third-order valence-corrected chi connectivity index (χ3v) is 0.183. The number of rotatable bonds is 0. The summed E-state index contributed by atoms with van der Waals surface area (Å²) in [6, 6.07) is 0. The van der Waals surface area contributed by atoms with Crippen molar-refractivity contribution < 1.29 is 25.3 Å². The van der Waals surface area contributed by atoms with Gasteiger partial charge in [0.25, 0.3) is 0 Å². The van der Waals surface area contributed by atoms with Crippen LogP contribution in [0.15, 0.2) is 0 Å². The van der Waals surface area contributed by atoms with Crippen molar-refractivity contribution in [1.29, 1.82) is 0 Å². The van der Waals surface area contributed by atoms with Gasteiger partial charge in [-0.05, 0) is 0 Å². The summed E-state index contributed by atoms with van der Waals surface area (Å²) in [6.45, 7) is 0. The van der Waals surface area contributed by atoms with Gasteiger partial charge in [-0.25, -0.2) is 9.59 Å². The maximum atomic E-state index is 9.10. The van der Waals surface area contributed by atoms with E-state index in [2.05, 4.69) is 0 Å². The Bertz CT molecular complexity index is 76.4. The molecule has 0 rings (SSSR count). The third kappa shape index (κ3) is 9.48. The van der Waals surface area contributed by atoms with Gasteiger partial charge in [0.1, 0.15) is 0 Å². The summed E-state index contributed by atoms with van der Waals surface area (Å²) >= 11 is 0. The molecule has 0 aromatic heterocycles. The second kappa shape index (κ2) is 7.16. The minimum absolute atomic E-state index is 0. The molecule has 0 aliphatic carbocycles. The molecular formula is C2H4CaO5. The van der Waals surface area contributed by atoms with E-state index in [0.29, 0.717) is 0 Å². The van der Waals surface area contributed by atoms with Crippen LogP contribution in [0, 0.1) is 0 Å². The Morgan fingerprint density at radius 3 is 1.12 bits per heavy atom. The van der Waals surface area contributed by atoms with Gasteiger partial charge in [-0.3, -0.25) is 0 Å². The maximum absolute atomic E-state index is 9.10. The number of carbonyl (C=O) groups is 2. The average molecular weight is 148 g/mol. The summed E-state index contributed by atoms with van der Waals surface area (Å²) in [4.78, 5) is 18.2. The predicted octanol–water partition coefficient (Wildman–Crippen LogP) is -2.05. The Kier molecular flexibility index (Phi) is 14.1. The van der Waals surface area contributed by atoms with Crippen LogP contribution in [0.25, 0.3) is 0 Å². The molecule has 0 aliphatic rings. The summed E-state index contributed by atoms with van der Waals surface area (Å²) in [7, 11) is 0. The molecule has 0 bridgehead atoms. The van der Waals surface area contributed by atoms with E-state index in [4.69, 9.17) is 19.8 Å². The summed E-state index contributed by atoms with van der Waals surface area (Å²) in [5.41, 5.74) is 0. The molecule has 6 heteroatoms. The smallest absolute Gasteiger partial charge is 0.414 e. The topological polar surface area (TPSA) is 106 Å². The van der Waals surface area contributed by atoms with Crippen LogP contribution in [0.4, 0.5) is 0 Å². The van der Waals surface area contributed by atoms with E-state index in [9.17, 15) is 0 Å². The van der Waals surface area contributed by atoms with Crippen molar-refractivity contribution in [2.24, 2.45) is 0 Å². The monoisotopic (exact) mass is 148 g/mol. The second-order valence-electron chi connectivity index (χ2n) is 0.610. The molecule has 0 spiro atoms. The quantitative estimate of drug-likeness (QED) is 0.304. The van der Waals surface area contributed by atoms with Gasteiger partial charge in [-0.1, -0.05) is 0 Å². The molecule has 0 fully saturated rings. The Labute approximate surface area is 74.6 Å². The fraction of sp³-hybridized carbons (Fsp3) is 0. The summed E-state index contributed by atoms with van der Waals surface area (Å²) < 4.78 is 0. The molecule has 0 unspecified atom stereocenters. The third-order valence-electron chi connectivity index (χ3n) is 0.183. The van der Waals surface area contributed by atoms with Crippen LogP contribution in [0.1, 0.15) is 0 Å². The standard InChI is InChI=1S/C2H2O4.Ca.H2O/c3-1(4)2(5)6;;/h(H,3,4)(H,5,6);;1H2. The first-order valence-corrected chi connectivity index (χ1v) is 1.11. The number of carboxylic acids is 2. The summed E-state index contributed by atoms with van der Waals surface area (Å²) in [6.07, 6.45) is 0. The Morgan fingerprint density at radius 2 is 1.12 bits per heavy atom. The van der Waals surface area contributed by atoms with Gasteiger partial charge in [-0.2, -0.15) is 0 Å². The molecular weight excluding hydrogens is 144 g/mol. The fourth-order valence-corrected chi connectivity index (χ4v) is 0. The van der Waals surface area contributed by atoms with E-state index >= 15 is 0 Å². The maximum Gasteiger partial charge on any atom is 0.414 e. The molecule has 8 heavy (non-hydrogen) atoms. The average Bonchev–Trinajstić information content (AvgIpc) is 1.36. The Balaban J connectivity index is -0.000000125. The van der Waals surface area contributed by atoms with E-state index in [1.165, 1.54) is 0 Å². The van der Waals surface area contributed by atoms with Gasteiger partial charge in [0.05, 0.1) is 0 Å². The molecule has 4 N–H and O–H groups in total. The number of aliphatic carboxylic acids is 2. The normalized spacial score (nSPS) is 5.50. The van der Waals surface area contributed by atoms with E-state index < -0.39 is 11.9 Å². The van der Waals surface area contributed by atoms with Gasteiger partial charge in [-0.15, -0.1) is 0 Å². The Hall–Kier alpha value is 0.160. The Morgan fingerprint density at radius 1 is 1.00 bits per heavy atom. The second-order valence-corrected chi connectivity index (χ2v) is 0.610. The minimum Gasteiger partial charge on any atom is -0.473 e. The number of hydrogen-bond acceptors (Lipinski definition) is 2. The van der Waals surface area contributed by atoms with Crippen LogP contribution >= 0.6 is 0 Å². The van der Waals surface area contributed by atoms with E-state index in [1.807, 2.05) is 0 Å². The van der Waals surface area contributed by atoms with E-state index in [1.54, 1.807) is 0 Å². The first-order valence-electron chi connectivity index (χ1n) is 1.11. The zero-order chi connectivity index (χ0) is 5.15. The molecule has 2 radical (unpaired) electrons. The van der Waals surface area contributed by atoms with Crippen LogP contribution in [0.5, 0.6) is 0 Å². The van der Waals surface area contributed by atoms with Gasteiger partial charge >= 0.3 is 11.9 Å².